The molecular weight excluding hydrogens is 172 g/mol. The largest absolute Gasteiger partial charge is 0.385 e. The molecule has 3 rings (SSSR count). The Bertz CT molecular complexity index is 440. The van der Waals surface area contributed by atoms with Gasteiger partial charge in [-0.3, -0.25) is 0 Å². The lowest BCUT2D eigenvalue weighted by Gasteiger charge is -2.04. The zero-order valence-electron chi connectivity index (χ0n) is 8.09. The number of rotatable bonds is 3. The van der Waals surface area contributed by atoms with Crippen LogP contribution in [0.25, 0.3) is 10.9 Å². The van der Waals surface area contributed by atoms with Gasteiger partial charge in [0.15, 0.2) is 0 Å². The zero-order valence-corrected chi connectivity index (χ0v) is 8.09. The van der Waals surface area contributed by atoms with Crippen LogP contribution in [0.5, 0.6) is 0 Å². The van der Waals surface area contributed by atoms with Gasteiger partial charge in [0.2, 0.25) is 0 Å². The van der Waals surface area contributed by atoms with Gasteiger partial charge < -0.3 is 10.3 Å². The smallest absolute Gasteiger partial charge is 0.0455 e. The predicted octanol–water partition coefficient (Wildman–Crippen LogP) is 2.99. The minimum atomic E-state index is 0.928. The van der Waals surface area contributed by atoms with Crippen molar-refractivity contribution in [2.75, 3.05) is 11.9 Å². The monoisotopic (exact) mass is 186 g/mol. The van der Waals surface area contributed by atoms with Crippen molar-refractivity contribution in [1.29, 1.82) is 0 Å². The number of aromatic amines is 1. The van der Waals surface area contributed by atoms with Crippen LogP contribution in [-0.4, -0.2) is 11.5 Å². The number of aromatic nitrogens is 1. The summed E-state index contributed by atoms with van der Waals surface area (Å²) in [5.74, 6) is 0.928. The lowest BCUT2D eigenvalue weighted by Crippen LogP contribution is -2.02. The number of nitrogens with one attached hydrogen (secondary N) is 2. The molecule has 2 nitrogen and oxygen atoms in total. The molecule has 1 fully saturated rings. The van der Waals surface area contributed by atoms with E-state index in [0.717, 1.165) is 12.5 Å². The topological polar surface area (TPSA) is 27.8 Å². The highest BCUT2D eigenvalue weighted by Crippen LogP contribution is 2.29. The third kappa shape index (κ3) is 1.48. The Kier molecular flexibility index (Phi) is 1.72. The Hall–Kier alpha value is -1.44. The van der Waals surface area contributed by atoms with Crippen molar-refractivity contribution in [3.8, 4) is 0 Å². The SMILES string of the molecule is c1cc2cc(NCC3CC3)ccc2[nH]1. The van der Waals surface area contributed by atoms with E-state index >= 15 is 0 Å². The van der Waals surface area contributed by atoms with Gasteiger partial charge in [-0.2, -0.15) is 0 Å². The first-order valence-corrected chi connectivity index (χ1v) is 5.23. The van der Waals surface area contributed by atoms with Crippen LogP contribution in [0.3, 0.4) is 0 Å². The molecule has 72 valence electrons. The van der Waals surface area contributed by atoms with Gasteiger partial charge in [0, 0.05) is 29.3 Å². The molecule has 1 aromatic carbocycles. The molecule has 0 radical (unpaired) electrons. The van der Waals surface area contributed by atoms with E-state index in [0.29, 0.717) is 0 Å². The molecule has 1 aromatic heterocycles. The van der Waals surface area contributed by atoms with Gasteiger partial charge in [-0.05, 0) is 43.0 Å². The number of benzene rings is 1. The quantitative estimate of drug-likeness (QED) is 0.757. The molecule has 1 aliphatic rings. The average molecular weight is 186 g/mol. The van der Waals surface area contributed by atoms with Crippen molar-refractivity contribution in [3.63, 3.8) is 0 Å². The first kappa shape index (κ1) is 7.92. The van der Waals surface area contributed by atoms with Crippen molar-refractivity contribution < 1.29 is 0 Å². The van der Waals surface area contributed by atoms with Crippen LogP contribution in [0, 0.1) is 5.92 Å². The number of H-pyrrole nitrogens is 1. The highest BCUT2D eigenvalue weighted by atomic mass is 14.9. The molecular formula is C12H14N2. The molecule has 0 amide bonds. The summed E-state index contributed by atoms with van der Waals surface area (Å²) in [5.41, 5.74) is 2.45. The Labute approximate surface area is 83.3 Å². The van der Waals surface area contributed by atoms with Gasteiger partial charge in [-0.25, -0.2) is 0 Å². The Morgan fingerprint density at radius 1 is 1.29 bits per heavy atom. The maximum absolute atomic E-state index is 3.47. The highest BCUT2D eigenvalue weighted by molar-refractivity contribution is 5.82. The zero-order chi connectivity index (χ0) is 9.38. The first-order valence-electron chi connectivity index (χ1n) is 5.23. The summed E-state index contributed by atoms with van der Waals surface area (Å²) in [5, 5.41) is 4.76. The van der Waals surface area contributed by atoms with Crippen LogP contribution < -0.4 is 5.32 Å². The number of hydrogen-bond donors (Lipinski definition) is 2. The van der Waals surface area contributed by atoms with Crippen molar-refractivity contribution in [2.45, 2.75) is 12.8 Å². The molecule has 2 N–H and O–H groups in total. The third-order valence-electron chi connectivity index (χ3n) is 2.85. The summed E-state index contributed by atoms with van der Waals surface area (Å²) in [6.07, 6.45) is 4.79. The number of fused-ring (bicyclic) bond motifs is 1. The Morgan fingerprint density at radius 3 is 3.07 bits per heavy atom. The van der Waals surface area contributed by atoms with Gasteiger partial charge in [0.1, 0.15) is 0 Å². The summed E-state index contributed by atoms with van der Waals surface area (Å²) in [6.45, 7) is 1.13. The number of anilines is 1. The van der Waals surface area contributed by atoms with E-state index in [1.54, 1.807) is 0 Å². The molecule has 0 atom stereocenters. The minimum Gasteiger partial charge on any atom is -0.385 e. The molecule has 2 heteroatoms. The van der Waals surface area contributed by atoms with E-state index in [1.807, 2.05) is 6.20 Å². The predicted molar refractivity (Wildman–Crippen MR) is 59.5 cm³/mol. The van der Waals surface area contributed by atoms with E-state index in [2.05, 4.69) is 34.6 Å². The number of hydrogen-bond acceptors (Lipinski definition) is 1. The van der Waals surface area contributed by atoms with Crippen molar-refractivity contribution in [3.05, 3.63) is 30.5 Å². The lowest BCUT2D eigenvalue weighted by atomic mass is 10.2. The average Bonchev–Trinajstić information content (AvgIpc) is 2.92. The van der Waals surface area contributed by atoms with Crippen LogP contribution in [-0.2, 0) is 0 Å². The summed E-state index contributed by atoms with van der Waals surface area (Å²) in [7, 11) is 0. The summed E-state index contributed by atoms with van der Waals surface area (Å²) < 4.78 is 0. The molecule has 0 saturated heterocycles. The molecule has 1 heterocycles. The highest BCUT2D eigenvalue weighted by Gasteiger charge is 2.20. The Balaban J connectivity index is 1.81. The summed E-state index contributed by atoms with van der Waals surface area (Å²) >= 11 is 0. The van der Waals surface area contributed by atoms with Crippen LogP contribution in [0.2, 0.25) is 0 Å². The Morgan fingerprint density at radius 2 is 2.21 bits per heavy atom. The summed E-state index contributed by atoms with van der Waals surface area (Å²) in [4.78, 5) is 3.20. The van der Waals surface area contributed by atoms with Crippen LogP contribution >= 0.6 is 0 Å². The molecule has 0 bridgehead atoms. The fourth-order valence-electron chi connectivity index (χ4n) is 1.75. The van der Waals surface area contributed by atoms with E-state index < -0.39 is 0 Å². The van der Waals surface area contributed by atoms with E-state index in [1.165, 1.54) is 29.4 Å². The van der Waals surface area contributed by atoms with Crippen molar-refractivity contribution in [1.82, 2.24) is 4.98 Å². The van der Waals surface area contributed by atoms with E-state index in [-0.39, 0.29) is 0 Å². The fraction of sp³-hybridized carbons (Fsp3) is 0.333. The van der Waals surface area contributed by atoms with Crippen LogP contribution in [0.15, 0.2) is 30.5 Å². The second-order valence-electron chi connectivity index (χ2n) is 4.10. The molecule has 2 aromatic rings. The fourth-order valence-corrected chi connectivity index (χ4v) is 1.75. The molecule has 0 spiro atoms. The third-order valence-corrected chi connectivity index (χ3v) is 2.85. The maximum Gasteiger partial charge on any atom is 0.0455 e. The van der Waals surface area contributed by atoms with Crippen molar-refractivity contribution >= 4 is 16.6 Å². The van der Waals surface area contributed by atoms with E-state index in [9.17, 15) is 0 Å². The molecule has 0 aliphatic heterocycles. The minimum absolute atomic E-state index is 0.928. The van der Waals surface area contributed by atoms with Gasteiger partial charge in [-0.1, -0.05) is 0 Å². The second kappa shape index (κ2) is 3.05. The molecule has 1 aliphatic carbocycles. The normalized spacial score (nSPS) is 16.0. The standard InChI is InChI=1S/C12H14N2/c1-2-9(1)8-14-11-3-4-12-10(7-11)5-6-13-12/h3-7,9,13-14H,1-2,8H2. The van der Waals surface area contributed by atoms with Gasteiger partial charge in [0.05, 0.1) is 0 Å². The van der Waals surface area contributed by atoms with Gasteiger partial charge >= 0.3 is 0 Å². The maximum atomic E-state index is 3.47. The lowest BCUT2D eigenvalue weighted by molar-refractivity contribution is 0.889. The van der Waals surface area contributed by atoms with Crippen LogP contribution in [0.4, 0.5) is 5.69 Å². The first-order chi connectivity index (χ1) is 6.92. The summed E-state index contributed by atoms with van der Waals surface area (Å²) in [6, 6.07) is 8.58. The molecule has 14 heavy (non-hydrogen) atoms. The van der Waals surface area contributed by atoms with Crippen LogP contribution in [0.1, 0.15) is 12.8 Å². The second-order valence-corrected chi connectivity index (χ2v) is 4.10. The van der Waals surface area contributed by atoms with E-state index in [4.69, 9.17) is 0 Å². The molecule has 0 unspecified atom stereocenters. The molecule has 1 saturated carbocycles. The van der Waals surface area contributed by atoms with Gasteiger partial charge in [0.25, 0.3) is 0 Å². The van der Waals surface area contributed by atoms with Gasteiger partial charge in [-0.15, -0.1) is 0 Å². The van der Waals surface area contributed by atoms with Crippen molar-refractivity contribution in [2.24, 2.45) is 5.92 Å².